The van der Waals surface area contributed by atoms with Crippen LogP contribution in [-0.2, 0) is 0 Å². The molecule has 2 N–H and O–H groups in total. The van der Waals surface area contributed by atoms with Crippen molar-refractivity contribution in [2.24, 2.45) is 0 Å². The lowest BCUT2D eigenvalue weighted by Gasteiger charge is -2.17. The smallest absolute Gasteiger partial charge is 0.0778 e. The molecule has 2 nitrogen and oxygen atoms in total. The fourth-order valence-corrected chi connectivity index (χ4v) is 1.36. The number of rotatable bonds is 3. The fourth-order valence-electron chi connectivity index (χ4n) is 1.36. The van der Waals surface area contributed by atoms with Crippen LogP contribution in [0.2, 0.25) is 0 Å². The second-order valence-electron chi connectivity index (χ2n) is 3.66. The van der Waals surface area contributed by atoms with Gasteiger partial charge in [-0.25, -0.2) is 0 Å². The van der Waals surface area contributed by atoms with Gasteiger partial charge in [0.1, 0.15) is 0 Å². The van der Waals surface area contributed by atoms with Gasteiger partial charge < -0.3 is 5.21 Å². The van der Waals surface area contributed by atoms with Crippen LogP contribution in [0.1, 0.15) is 32.4 Å². The van der Waals surface area contributed by atoms with Gasteiger partial charge in [0.05, 0.1) is 6.04 Å². The molecule has 0 spiro atoms. The summed E-state index contributed by atoms with van der Waals surface area (Å²) in [5.74, 6) is 0. The Morgan fingerprint density at radius 1 is 1.14 bits per heavy atom. The summed E-state index contributed by atoms with van der Waals surface area (Å²) in [6, 6.07) is 9.81. The number of hydroxylamine groups is 1. The van der Waals surface area contributed by atoms with E-state index in [-0.39, 0.29) is 6.04 Å². The van der Waals surface area contributed by atoms with Gasteiger partial charge in [-0.3, -0.25) is 0 Å². The van der Waals surface area contributed by atoms with Crippen molar-refractivity contribution < 1.29 is 5.21 Å². The molecular weight excluding hydrogens is 174 g/mol. The third-order valence-electron chi connectivity index (χ3n) is 2.48. The Labute approximate surface area is 85.2 Å². The van der Waals surface area contributed by atoms with Gasteiger partial charge in [0, 0.05) is 0 Å². The average Bonchev–Trinajstić information content (AvgIpc) is 2.20. The number of hydrogen-bond acceptors (Lipinski definition) is 2. The molecule has 0 radical (unpaired) electrons. The Kier molecular flexibility index (Phi) is 3.86. The Balaban J connectivity index is 3.00. The van der Waals surface area contributed by atoms with Gasteiger partial charge in [-0.05, 0) is 26.3 Å². The molecule has 14 heavy (non-hydrogen) atoms. The molecule has 0 bridgehead atoms. The molecule has 0 aliphatic carbocycles. The highest BCUT2D eigenvalue weighted by Crippen LogP contribution is 2.22. The van der Waals surface area contributed by atoms with Crippen LogP contribution in [0.4, 0.5) is 0 Å². The van der Waals surface area contributed by atoms with Crippen molar-refractivity contribution in [1.29, 1.82) is 0 Å². The van der Waals surface area contributed by atoms with Crippen LogP contribution < -0.4 is 5.48 Å². The molecule has 0 saturated heterocycles. The third kappa shape index (κ3) is 2.44. The van der Waals surface area contributed by atoms with E-state index in [0.29, 0.717) is 0 Å². The van der Waals surface area contributed by atoms with Crippen molar-refractivity contribution in [2.75, 3.05) is 0 Å². The number of allylic oxidation sites excluding steroid dienone is 1. The van der Waals surface area contributed by atoms with Crippen LogP contribution in [0.3, 0.4) is 0 Å². The molecule has 0 fully saturated rings. The van der Waals surface area contributed by atoms with Crippen molar-refractivity contribution in [1.82, 2.24) is 5.48 Å². The summed E-state index contributed by atoms with van der Waals surface area (Å²) in [6.07, 6.45) is 0. The molecule has 76 valence electrons. The molecule has 0 aromatic heterocycles. The molecule has 2 heteroatoms. The Hall–Kier alpha value is -1.12. The SMILES string of the molecule is CC(C)=C(C)C(NO)c1ccccc1. The van der Waals surface area contributed by atoms with E-state index in [4.69, 9.17) is 5.21 Å². The monoisotopic (exact) mass is 191 g/mol. The molecule has 1 aromatic rings. The van der Waals surface area contributed by atoms with Crippen LogP contribution >= 0.6 is 0 Å². The van der Waals surface area contributed by atoms with Crippen LogP contribution in [0.5, 0.6) is 0 Å². The molecular formula is C12H17NO. The molecule has 1 aromatic carbocycles. The van der Waals surface area contributed by atoms with Gasteiger partial charge in [-0.2, -0.15) is 5.48 Å². The summed E-state index contributed by atoms with van der Waals surface area (Å²) in [7, 11) is 0. The summed E-state index contributed by atoms with van der Waals surface area (Å²) in [5, 5.41) is 9.11. The summed E-state index contributed by atoms with van der Waals surface area (Å²) in [4.78, 5) is 0. The lowest BCUT2D eigenvalue weighted by atomic mass is 9.97. The van der Waals surface area contributed by atoms with Gasteiger partial charge in [0.15, 0.2) is 0 Å². The Bertz CT molecular complexity index is 312. The fraction of sp³-hybridized carbons (Fsp3) is 0.333. The van der Waals surface area contributed by atoms with E-state index in [2.05, 4.69) is 5.48 Å². The van der Waals surface area contributed by atoms with E-state index in [9.17, 15) is 0 Å². The first-order valence-corrected chi connectivity index (χ1v) is 4.75. The third-order valence-corrected chi connectivity index (χ3v) is 2.48. The maximum absolute atomic E-state index is 9.11. The van der Waals surface area contributed by atoms with E-state index < -0.39 is 0 Å². The predicted octanol–water partition coefficient (Wildman–Crippen LogP) is 3.06. The lowest BCUT2D eigenvalue weighted by Crippen LogP contribution is -2.18. The van der Waals surface area contributed by atoms with Crippen molar-refractivity contribution in [3.63, 3.8) is 0 Å². The minimum atomic E-state index is -0.0961. The van der Waals surface area contributed by atoms with Crippen LogP contribution in [0, 0.1) is 0 Å². The zero-order valence-electron chi connectivity index (χ0n) is 8.91. The standard InChI is InChI=1S/C12H17NO/c1-9(2)10(3)12(13-14)11-7-5-4-6-8-11/h4-8,12-14H,1-3H3. The van der Waals surface area contributed by atoms with Gasteiger partial charge in [0.25, 0.3) is 0 Å². The molecule has 0 aliphatic rings. The Morgan fingerprint density at radius 2 is 1.71 bits per heavy atom. The quantitative estimate of drug-likeness (QED) is 0.568. The van der Waals surface area contributed by atoms with E-state index in [1.807, 2.05) is 51.1 Å². The first kappa shape index (κ1) is 11.0. The minimum absolute atomic E-state index is 0.0961. The summed E-state index contributed by atoms with van der Waals surface area (Å²) in [6.45, 7) is 6.11. The maximum Gasteiger partial charge on any atom is 0.0778 e. The highest BCUT2D eigenvalue weighted by atomic mass is 16.5. The second kappa shape index (κ2) is 4.94. The van der Waals surface area contributed by atoms with E-state index in [0.717, 1.165) is 11.1 Å². The van der Waals surface area contributed by atoms with Gasteiger partial charge in [-0.1, -0.05) is 41.5 Å². The van der Waals surface area contributed by atoms with Crippen molar-refractivity contribution in [3.05, 3.63) is 47.0 Å². The maximum atomic E-state index is 9.11. The number of benzene rings is 1. The highest BCUT2D eigenvalue weighted by molar-refractivity contribution is 5.28. The molecule has 0 aliphatic heterocycles. The van der Waals surface area contributed by atoms with Crippen molar-refractivity contribution in [3.8, 4) is 0 Å². The summed E-state index contributed by atoms with van der Waals surface area (Å²) >= 11 is 0. The van der Waals surface area contributed by atoms with Crippen LogP contribution in [0.15, 0.2) is 41.5 Å². The first-order valence-electron chi connectivity index (χ1n) is 4.75. The van der Waals surface area contributed by atoms with Crippen LogP contribution in [-0.4, -0.2) is 5.21 Å². The molecule has 0 saturated carbocycles. The largest absolute Gasteiger partial charge is 0.316 e. The van der Waals surface area contributed by atoms with E-state index in [1.165, 1.54) is 5.57 Å². The Morgan fingerprint density at radius 3 is 2.14 bits per heavy atom. The van der Waals surface area contributed by atoms with Gasteiger partial charge >= 0.3 is 0 Å². The lowest BCUT2D eigenvalue weighted by molar-refractivity contribution is 0.139. The first-order chi connectivity index (χ1) is 6.66. The van der Waals surface area contributed by atoms with Crippen molar-refractivity contribution >= 4 is 0 Å². The average molecular weight is 191 g/mol. The van der Waals surface area contributed by atoms with Crippen molar-refractivity contribution in [2.45, 2.75) is 26.8 Å². The topological polar surface area (TPSA) is 32.3 Å². The zero-order valence-corrected chi connectivity index (χ0v) is 8.91. The van der Waals surface area contributed by atoms with E-state index >= 15 is 0 Å². The molecule has 0 amide bonds. The minimum Gasteiger partial charge on any atom is -0.316 e. The molecule has 1 atom stereocenters. The summed E-state index contributed by atoms with van der Waals surface area (Å²) < 4.78 is 0. The van der Waals surface area contributed by atoms with Gasteiger partial charge in [-0.15, -0.1) is 0 Å². The molecule has 0 heterocycles. The summed E-state index contributed by atoms with van der Waals surface area (Å²) in [5.41, 5.74) is 5.79. The predicted molar refractivity (Wildman–Crippen MR) is 58.2 cm³/mol. The normalized spacial score (nSPS) is 12.3. The molecule has 1 rings (SSSR count). The van der Waals surface area contributed by atoms with Crippen LogP contribution in [0.25, 0.3) is 0 Å². The van der Waals surface area contributed by atoms with Gasteiger partial charge in [0.2, 0.25) is 0 Å². The number of nitrogens with one attached hydrogen (secondary N) is 1. The highest BCUT2D eigenvalue weighted by Gasteiger charge is 2.12. The number of hydrogen-bond donors (Lipinski definition) is 2. The second-order valence-corrected chi connectivity index (χ2v) is 3.66. The van der Waals surface area contributed by atoms with E-state index in [1.54, 1.807) is 0 Å². The zero-order chi connectivity index (χ0) is 10.6. The molecule has 1 unspecified atom stereocenters.